The van der Waals surface area contributed by atoms with E-state index in [2.05, 4.69) is 12.1 Å². The van der Waals surface area contributed by atoms with Crippen LogP contribution in [-0.2, 0) is 4.79 Å². The van der Waals surface area contributed by atoms with Gasteiger partial charge in [0.05, 0.1) is 17.2 Å². The molecule has 5 nitrogen and oxygen atoms in total. The molecular weight excluding hydrogens is 423 g/mol. The van der Waals surface area contributed by atoms with Crippen molar-refractivity contribution in [2.75, 3.05) is 36.8 Å². The molecule has 0 radical (unpaired) electrons. The van der Waals surface area contributed by atoms with E-state index in [0.29, 0.717) is 37.6 Å². The van der Waals surface area contributed by atoms with Crippen molar-refractivity contribution in [1.82, 2.24) is 4.90 Å². The number of nitrogens with zero attached hydrogens (tertiary/aromatic N) is 4. The number of para-hydroxylation sites is 1. The van der Waals surface area contributed by atoms with Gasteiger partial charge in [-0.25, -0.2) is 9.38 Å². The lowest BCUT2D eigenvalue weighted by Gasteiger charge is -2.36. The van der Waals surface area contributed by atoms with Crippen LogP contribution in [0.15, 0.2) is 64.6 Å². The summed E-state index contributed by atoms with van der Waals surface area (Å²) in [7, 11) is 0. The summed E-state index contributed by atoms with van der Waals surface area (Å²) in [5.74, 6) is 0.238. The number of benzene rings is 2. The van der Waals surface area contributed by atoms with Crippen molar-refractivity contribution in [3.05, 3.63) is 66.0 Å². The Hall–Kier alpha value is -2.67. The maximum atomic E-state index is 14.1. The van der Waals surface area contributed by atoms with Gasteiger partial charge in [0.2, 0.25) is 5.91 Å². The van der Waals surface area contributed by atoms with E-state index in [-0.39, 0.29) is 17.4 Å². The number of amides is 1. The molecule has 0 atom stereocenters. The molecule has 2 aliphatic heterocycles. The molecule has 0 N–H and O–H groups in total. The lowest BCUT2D eigenvalue weighted by Crippen LogP contribution is -2.49. The molecule has 2 heterocycles. The van der Waals surface area contributed by atoms with E-state index in [1.54, 1.807) is 12.1 Å². The van der Waals surface area contributed by atoms with Crippen molar-refractivity contribution >= 4 is 34.1 Å². The van der Waals surface area contributed by atoms with E-state index < -0.39 is 0 Å². The number of thioether (sulfide) groups is 1. The van der Waals surface area contributed by atoms with Crippen LogP contribution < -0.4 is 4.90 Å². The molecule has 5 rings (SSSR count). The van der Waals surface area contributed by atoms with E-state index in [1.807, 2.05) is 34.1 Å². The highest BCUT2D eigenvalue weighted by atomic mass is 32.2. The Labute approximate surface area is 192 Å². The Morgan fingerprint density at radius 3 is 2.34 bits per heavy atom. The Balaban J connectivity index is 1.22. The lowest BCUT2D eigenvalue weighted by molar-refractivity contribution is -0.128. The standard InChI is InChI=1S/C25H27FN4OS/c26-20-10-4-5-11-21(20)29-14-16-30(17-15-29)22(31)18-32-24-23(19-8-2-1-3-9-19)27-25(28-24)12-6-7-13-25/h1-5,8-11H,6-7,12-18H2. The smallest absolute Gasteiger partial charge is 0.233 e. The molecule has 166 valence electrons. The highest BCUT2D eigenvalue weighted by Crippen LogP contribution is 2.40. The molecule has 0 unspecified atom stereocenters. The summed E-state index contributed by atoms with van der Waals surface area (Å²) < 4.78 is 14.1. The number of hydrogen-bond acceptors (Lipinski definition) is 5. The van der Waals surface area contributed by atoms with Gasteiger partial charge < -0.3 is 9.80 Å². The maximum absolute atomic E-state index is 14.1. The first-order valence-electron chi connectivity index (χ1n) is 11.3. The molecular formula is C25H27FN4OS. The van der Waals surface area contributed by atoms with E-state index in [1.165, 1.54) is 17.8 Å². The summed E-state index contributed by atoms with van der Waals surface area (Å²) in [5.41, 5.74) is 2.28. The van der Waals surface area contributed by atoms with Gasteiger partial charge in [-0.3, -0.25) is 9.79 Å². The molecule has 1 aliphatic carbocycles. The monoisotopic (exact) mass is 450 g/mol. The number of carbonyl (C=O) groups is 1. The van der Waals surface area contributed by atoms with Gasteiger partial charge in [0.1, 0.15) is 10.9 Å². The number of halogens is 1. The summed E-state index contributed by atoms with van der Waals surface area (Å²) in [6, 6.07) is 17.0. The van der Waals surface area contributed by atoms with Crippen LogP contribution in [0.2, 0.25) is 0 Å². The first-order valence-corrected chi connectivity index (χ1v) is 12.3. The summed E-state index contributed by atoms with van der Waals surface area (Å²) in [5, 5.41) is 0.886. The zero-order valence-electron chi connectivity index (χ0n) is 18.0. The number of aliphatic imine (C=N–C) groups is 2. The summed E-state index contributed by atoms with van der Waals surface area (Å²) in [6.07, 6.45) is 4.27. The van der Waals surface area contributed by atoms with Gasteiger partial charge in [-0.05, 0) is 37.8 Å². The third-order valence-corrected chi connectivity index (χ3v) is 7.39. The first-order chi connectivity index (χ1) is 15.6. The Bertz CT molecular complexity index is 1040. The van der Waals surface area contributed by atoms with Gasteiger partial charge in [0, 0.05) is 31.7 Å². The Morgan fingerprint density at radius 1 is 0.938 bits per heavy atom. The highest BCUT2D eigenvalue weighted by Gasteiger charge is 2.39. The van der Waals surface area contributed by atoms with Gasteiger partial charge in [-0.15, -0.1) is 0 Å². The SMILES string of the molecule is O=C(CSC1=NC2(CCCC2)N=C1c1ccccc1)N1CCN(c2ccccc2F)CC1. The molecule has 2 aromatic carbocycles. The van der Waals surface area contributed by atoms with Crippen molar-refractivity contribution < 1.29 is 9.18 Å². The quantitative estimate of drug-likeness (QED) is 0.695. The van der Waals surface area contributed by atoms with Gasteiger partial charge in [-0.1, -0.05) is 54.2 Å². The molecule has 0 aromatic heterocycles. The average Bonchev–Trinajstić information content (AvgIpc) is 3.45. The van der Waals surface area contributed by atoms with Crippen molar-refractivity contribution in [2.24, 2.45) is 9.98 Å². The summed E-state index contributed by atoms with van der Waals surface area (Å²) in [6.45, 7) is 2.48. The van der Waals surface area contributed by atoms with Gasteiger partial charge in [-0.2, -0.15) is 0 Å². The third-order valence-electron chi connectivity index (χ3n) is 6.44. The fraction of sp³-hybridized carbons (Fsp3) is 0.400. The number of anilines is 1. The van der Waals surface area contributed by atoms with Gasteiger partial charge in [0.15, 0.2) is 5.66 Å². The van der Waals surface area contributed by atoms with Crippen molar-refractivity contribution in [2.45, 2.75) is 31.3 Å². The largest absolute Gasteiger partial charge is 0.366 e. The number of carbonyl (C=O) groups excluding carboxylic acids is 1. The molecule has 1 spiro atoms. The molecule has 1 amide bonds. The second-order valence-electron chi connectivity index (χ2n) is 8.54. The van der Waals surface area contributed by atoms with E-state index in [4.69, 9.17) is 9.98 Å². The van der Waals surface area contributed by atoms with E-state index in [9.17, 15) is 9.18 Å². The Morgan fingerprint density at radius 2 is 1.62 bits per heavy atom. The molecule has 2 fully saturated rings. The van der Waals surface area contributed by atoms with Crippen LogP contribution in [0.3, 0.4) is 0 Å². The van der Waals surface area contributed by atoms with Crippen LogP contribution in [0, 0.1) is 5.82 Å². The number of rotatable bonds is 4. The topological polar surface area (TPSA) is 48.3 Å². The van der Waals surface area contributed by atoms with Crippen molar-refractivity contribution in [1.29, 1.82) is 0 Å². The molecule has 3 aliphatic rings. The van der Waals surface area contributed by atoms with E-state index in [0.717, 1.165) is 42.0 Å². The molecule has 1 saturated carbocycles. The minimum atomic E-state index is -0.318. The molecule has 1 saturated heterocycles. The van der Waals surface area contributed by atoms with Crippen LogP contribution in [0.4, 0.5) is 10.1 Å². The summed E-state index contributed by atoms with van der Waals surface area (Å²) >= 11 is 1.50. The number of piperazine rings is 1. The van der Waals surface area contributed by atoms with Crippen LogP contribution in [-0.4, -0.2) is 59.2 Å². The fourth-order valence-electron chi connectivity index (χ4n) is 4.70. The van der Waals surface area contributed by atoms with Gasteiger partial charge >= 0.3 is 0 Å². The van der Waals surface area contributed by atoms with Crippen molar-refractivity contribution in [3.8, 4) is 0 Å². The molecule has 2 aromatic rings. The maximum Gasteiger partial charge on any atom is 0.233 e. The zero-order valence-corrected chi connectivity index (χ0v) is 18.9. The fourth-order valence-corrected chi connectivity index (χ4v) is 5.68. The first kappa shape index (κ1) is 21.2. The average molecular weight is 451 g/mol. The van der Waals surface area contributed by atoms with Crippen LogP contribution in [0.1, 0.15) is 31.2 Å². The van der Waals surface area contributed by atoms with Crippen LogP contribution >= 0.6 is 11.8 Å². The molecule has 0 bridgehead atoms. The predicted molar refractivity (Wildman–Crippen MR) is 129 cm³/mol. The highest BCUT2D eigenvalue weighted by molar-refractivity contribution is 8.16. The molecule has 32 heavy (non-hydrogen) atoms. The number of hydrogen-bond donors (Lipinski definition) is 0. The van der Waals surface area contributed by atoms with Crippen molar-refractivity contribution in [3.63, 3.8) is 0 Å². The van der Waals surface area contributed by atoms with Gasteiger partial charge in [0.25, 0.3) is 0 Å². The summed E-state index contributed by atoms with van der Waals surface area (Å²) in [4.78, 5) is 26.9. The van der Waals surface area contributed by atoms with Crippen LogP contribution in [0.5, 0.6) is 0 Å². The normalized spacial score (nSPS) is 19.9. The second kappa shape index (κ2) is 9.06. The lowest BCUT2D eigenvalue weighted by atomic mass is 10.1. The Kier molecular flexibility index (Phi) is 6.00. The predicted octanol–water partition coefficient (Wildman–Crippen LogP) is 4.38. The van der Waals surface area contributed by atoms with Crippen LogP contribution in [0.25, 0.3) is 0 Å². The minimum Gasteiger partial charge on any atom is -0.366 e. The molecule has 7 heteroatoms. The second-order valence-corrected chi connectivity index (χ2v) is 9.50. The zero-order chi connectivity index (χ0) is 22.0. The third kappa shape index (κ3) is 4.31. The van der Waals surface area contributed by atoms with E-state index >= 15 is 0 Å². The minimum absolute atomic E-state index is 0.102.